The first-order chi connectivity index (χ1) is 5.54. The Morgan fingerprint density at radius 3 is 2.00 bits per heavy atom. The molecule has 0 aromatic heterocycles. The summed E-state index contributed by atoms with van der Waals surface area (Å²) in [6.07, 6.45) is 2.84. The summed E-state index contributed by atoms with van der Waals surface area (Å²) in [7, 11) is 1.56. The van der Waals surface area contributed by atoms with E-state index in [1.807, 2.05) is 0 Å². The summed E-state index contributed by atoms with van der Waals surface area (Å²) >= 11 is 0. The lowest BCUT2D eigenvalue weighted by Gasteiger charge is -1.75. The second kappa shape index (κ2) is 9.22. The summed E-state index contributed by atoms with van der Waals surface area (Å²) in [5.74, 6) is -1.93. The summed E-state index contributed by atoms with van der Waals surface area (Å²) < 4.78 is 4.31. The van der Waals surface area contributed by atoms with Crippen LogP contribution in [0.2, 0.25) is 0 Å². The third-order valence-electron chi connectivity index (χ3n) is 0.557. The van der Waals surface area contributed by atoms with Gasteiger partial charge in [0.15, 0.2) is 0 Å². The zero-order valence-corrected chi connectivity index (χ0v) is 6.69. The van der Waals surface area contributed by atoms with Gasteiger partial charge >= 0.3 is 5.97 Å². The van der Waals surface area contributed by atoms with E-state index >= 15 is 0 Å². The van der Waals surface area contributed by atoms with Crippen LogP contribution in [0, 0.1) is 0 Å². The molecule has 0 unspecified atom stereocenters. The molecule has 0 saturated carbocycles. The Morgan fingerprint density at radius 1 is 1.50 bits per heavy atom. The average Bonchev–Trinajstić information content (AvgIpc) is 2.01. The topological polar surface area (TPSA) is 89.6 Å². The van der Waals surface area contributed by atoms with Crippen molar-refractivity contribution >= 4 is 11.9 Å². The second-order valence-corrected chi connectivity index (χ2v) is 1.48. The third kappa shape index (κ3) is 24.1. The van der Waals surface area contributed by atoms with E-state index in [1.165, 1.54) is 6.26 Å². The van der Waals surface area contributed by atoms with Crippen molar-refractivity contribution < 1.29 is 19.4 Å². The maximum Gasteiger partial charge on any atom is 0.328 e. The number of carbonyl (C=O) groups is 2. The van der Waals surface area contributed by atoms with E-state index in [1.54, 1.807) is 7.11 Å². The molecule has 0 saturated heterocycles. The molecule has 5 nitrogen and oxygen atoms in total. The summed E-state index contributed by atoms with van der Waals surface area (Å²) in [4.78, 5) is 19.4. The van der Waals surface area contributed by atoms with Gasteiger partial charge in [-0.15, -0.1) is 0 Å². The first-order valence-corrected chi connectivity index (χ1v) is 2.88. The van der Waals surface area contributed by atoms with Crippen molar-refractivity contribution in [1.82, 2.24) is 0 Å². The minimum atomic E-state index is -1.18. The molecule has 68 valence electrons. The van der Waals surface area contributed by atoms with E-state index < -0.39 is 11.9 Å². The minimum Gasteiger partial charge on any atom is -0.505 e. The third-order valence-corrected chi connectivity index (χ3v) is 0.557. The number of carbonyl (C=O) groups excluding carboxylic acids is 1. The summed E-state index contributed by atoms with van der Waals surface area (Å²) in [5, 5.41) is 7.87. The summed E-state index contributed by atoms with van der Waals surface area (Å²) in [6, 6.07) is 0. The van der Waals surface area contributed by atoms with Crippen LogP contribution in [0.1, 0.15) is 0 Å². The smallest absolute Gasteiger partial charge is 0.328 e. The predicted octanol–water partition coefficient (Wildman–Crippen LogP) is -0.111. The first kappa shape index (κ1) is 12.9. The number of ether oxygens (including phenoxy) is 1. The zero-order chi connectivity index (χ0) is 9.98. The van der Waals surface area contributed by atoms with Crippen molar-refractivity contribution in [3.8, 4) is 0 Å². The monoisotopic (exact) mass is 173 g/mol. The lowest BCUT2D eigenvalue weighted by Crippen LogP contribution is -2.06. The van der Waals surface area contributed by atoms with Gasteiger partial charge in [-0.1, -0.05) is 6.58 Å². The van der Waals surface area contributed by atoms with E-state index in [0.717, 1.165) is 6.08 Å². The zero-order valence-electron chi connectivity index (χ0n) is 6.69. The van der Waals surface area contributed by atoms with Crippen LogP contribution in [0.3, 0.4) is 0 Å². The predicted molar refractivity (Wildman–Crippen MR) is 43.2 cm³/mol. The molecule has 0 atom stereocenters. The molecule has 0 fully saturated rings. The van der Waals surface area contributed by atoms with Gasteiger partial charge in [-0.05, 0) is 0 Å². The molecule has 0 aliphatic carbocycles. The number of carboxylic acid groups (broad SMARTS) is 1. The summed E-state index contributed by atoms with van der Waals surface area (Å²) in [6.45, 7) is 3.26. The highest BCUT2D eigenvalue weighted by Crippen LogP contribution is 1.68. The van der Waals surface area contributed by atoms with Crippen LogP contribution in [0.15, 0.2) is 25.0 Å². The van der Waals surface area contributed by atoms with Gasteiger partial charge in [-0.25, -0.2) is 4.79 Å². The second-order valence-electron chi connectivity index (χ2n) is 1.48. The normalized spacial score (nSPS) is 8.08. The van der Waals surface area contributed by atoms with Crippen LogP contribution >= 0.6 is 0 Å². The molecule has 0 rings (SSSR count). The molecular weight excluding hydrogens is 162 g/mol. The molecule has 0 heterocycles. The number of methoxy groups -OCH3 is 1. The fraction of sp³-hybridized carbons (Fsp3) is 0.143. The maximum atomic E-state index is 9.78. The fourth-order valence-electron chi connectivity index (χ4n) is 0.153. The molecular formula is C7H11NO4. The van der Waals surface area contributed by atoms with Crippen molar-refractivity contribution in [1.29, 1.82) is 0 Å². The highest BCUT2D eigenvalue weighted by molar-refractivity contribution is 5.92. The number of amides is 1. The Bertz CT molecular complexity index is 170. The van der Waals surface area contributed by atoms with E-state index in [2.05, 4.69) is 17.0 Å². The lowest BCUT2D eigenvalue weighted by molar-refractivity contribution is -0.131. The SMILES string of the molecule is C=COC.NC(=O)/C=C/C(=O)O. The van der Waals surface area contributed by atoms with Gasteiger partial charge in [0, 0.05) is 12.2 Å². The lowest BCUT2D eigenvalue weighted by atomic mass is 10.5. The Hall–Kier alpha value is -1.78. The van der Waals surface area contributed by atoms with Crippen LogP contribution in [0.5, 0.6) is 0 Å². The number of hydrogen-bond donors (Lipinski definition) is 2. The van der Waals surface area contributed by atoms with Crippen LogP contribution in [0.4, 0.5) is 0 Å². The van der Waals surface area contributed by atoms with Crippen LogP contribution in [-0.4, -0.2) is 24.1 Å². The van der Waals surface area contributed by atoms with Crippen molar-refractivity contribution in [3.63, 3.8) is 0 Å². The van der Waals surface area contributed by atoms with Gasteiger partial charge in [-0.2, -0.15) is 0 Å². The van der Waals surface area contributed by atoms with Gasteiger partial charge in [0.1, 0.15) is 0 Å². The van der Waals surface area contributed by atoms with Gasteiger partial charge < -0.3 is 15.6 Å². The maximum absolute atomic E-state index is 9.78. The largest absolute Gasteiger partial charge is 0.505 e. The number of nitrogens with two attached hydrogens (primary N) is 1. The van der Waals surface area contributed by atoms with E-state index in [4.69, 9.17) is 5.11 Å². The highest BCUT2D eigenvalue weighted by atomic mass is 16.5. The number of rotatable bonds is 3. The number of aliphatic carboxylic acids is 1. The van der Waals surface area contributed by atoms with Crippen molar-refractivity contribution in [2.45, 2.75) is 0 Å². The molecule has 0 aromatic rings. The Balaban J connectivity index is 0. The average molecular weight is 173 g/mol. The molecule has 0 aliphatic rings. The van der Waals surface area contributed by atoms with Crippen molar-refractivity contribution in [2.24, 2.45) is 5.73 Å². The Morgan fingerprint density at radius 2 is 1.92 bits per heavy atom. The number of hydrogen-bond acceptors (Lipinski definition) is 3. The van der Waals surface area contributed by atoms with Crippen molar-refractivity contribution in [2.75, 3.05) is 7.11 Å². The highest BCUT2D eigenvalue weighted by Gasteiger charge is 1.86. The van der Waals surface area contributed by atoms with E-state index in [9.17, 15) is 9.59 Å². The minimum absolute atomic E-state index is 0.683. The Labute approximate surface area is 70.1 Å². The quantitative estimate of drug-likeness (QED) is 0.460. The molecule has 12 heavy (non-hydrogen) atoms. The first-order valence-electron chi connectivity index (χ1n) is 2.88. The van der Waals surface area contributed by atoms with Crippen LogP contribution in [0.25, 0.3) is 0 Å². The van der Waals surface area contributed by atoms with Gasteiger partial charge in [0.25, 0.3) is 0 Å². The number of carboxylic acids is 1. The fourth-order valence-corrected chi connectivity index (χ4v) is 0.153. The molecule has 0 bridgehead atoms. The van der Waals surface area contributed by atoms with Gasteiger partial charge in [-0.3, -0.25) is 4.79 Å². The molecule has 5 heteroatoms. The molecule has 0 aromatic carbocycles. The number of primary amides is 1. The molecule has 0 radical (unpaired) electrons. The van der Waals surface area contributed by atoms with Crippen LogP contribution in [-0.2, 0) is 14.3 Å². The van der Waals surface area contributed by atoms with Gasteiger partial charge in [0.05, 0.1) is 13.4 Å². The van der Waals surface area contributed by atoms with E-state index in [-0.39, 0.29) is 0 Å². The summed E-state index contributed by atoms with van der Waals surface area (Å²) in [5.41, 5.74) is 4.55. The molecule has 0 spiro atoms. The molecule has 0 aliphatic heterocycles. The Kier molecular flexibility index (Phi) is 9.88. The van der Waals surface area contributed by atoms with E-state index in [0.29, 0.717) is 6.08 Å². The standard InChI is InChI=1S/C4H5NO3.C3H6O/c5-3(6)1-2-4(7)8;1-3-4-2/h1-2H,(H2,5,6)(H,7,8);3H,1H2,2H3/b2-1+;. The van der Waals surface area contributed by atoms with Crippen molar-refractivity contribution in [3.05, 3.63) is 25.0 Å². The van der Waals surface area contributed by atoms with Gasteiger partial charge in [0.2, 0.25) is 5.91 Å². The molecule has 3 N–H and O–H groups in total. The van der Waals surface area contributed by atoms with Crippen LogP contribution < -0.4 is 5.73 Å². The molecule has 1 amide bonds.